The molecule has 0 spiro atoms. The summed E-state index contributed by atoms with van der Waals surface area (Å²) in [7, 11) is 0. The molecule has 8 aromatic carbocycles. The number of furan rings is 1. The molecule has 2 aromatic heterocycles. The van der Waals surface area contributed by atoms with Gasteiger partial charge in [0.15, 0.2) is 0 Å². The summed E-state index contributed by atoms with van der Waals surface area (Å²) in [6.45, 7) is 0. The van der Waals surface area contributed by atoms with Crippen molar-refractivity contribution in [2.75, 3.05) is 4.90 Å². The second kappa shape index (κ2) is 11.2. The van der Waals surface area contributed by atoms with E-state index >= 15 is 0 Å². The van der Waals surface area contributed by atoms with Gasteiger partial charge in [0.25, 0.3) is 0 Å². The third-order valence-electron chi connectivity index (χ3n) is 9.65. The van der Waals surface area contributed by atoms with E-state index in [4.69, 9.17) is 4.42 Å². The molecule has 3 heteroatoms. The standard InChI is InChI=1S/C46H29NOS/c1-2-12-31(13-3-1)36-25-23-34(33-22-21-30-11-4-5-14-32(30)27-33)28-41(36)47(35-24-26-45-39(29-35)37-15-7-9-20-44(37)49-45)40-17-10-19-43-46(40)38-16-6-8-18-42(38)48-43/h1-29H. The molecule has 0 unspecified atom stereocenters. The largest absolute Gasteiger partial charge is 0.456 e. The fourth-order valence-corrected chi connectivity index (χ4v) is 8.42. The van der Waals surface area contributed by atoms with Crippen LogP contribution >= 0.6 is 11.3 Å². The van der Waals surface area contributed by atoms with Crippen LogP contribution in [0, 0.1) is 0 Å². The van der Waals surface area contributed by atoms with Gasteiger partial charge in [-0.25, -0.2) is 0 Å². The molecule has 0 fully saturated rings. The van der Waals surface area contributed by atoms with Crippen LogP contribution in [0.25, 0.3) is 75.1 Å². The van der Waals surface area contributed by atoms with Gasteiger partial charge in [-0.3, -0.25) is 0 Å². The van der Waals surface area contributed by atoms with E-state index in [0.717, 1.165) is 50.1 Å². The summed E-state index contributed by atoms with van der Waals surface area (Å²) in [4.78, 5) is 2.45. The highest BCUT2D eigenvalue weighted by atomic mass is 32.1. The lowest BCUT2D eigenvalue weighted by molar-refractivity contribution is 0.669. The molecule has 0 N–H and O–H groups in total. The van der Waals surface area contributed by atoms with Gasteiger partial charge in [0, 0.05) is 36.8 Å². The van der Waals surface area contributed by atoms with Crippen LogP contribution < -0.4 is 4.90 Å². The Kier molecular flexibility index (Phi) is 6.39. The first-order valence-electron chi connectivity index (χ1n) is 16.6. The van der Waals surface area contributed by atoms with Gasteiger partial charge in [0.1, 0.15) is 11.2 Å². The highest BCUT2D eigenvalue weighted by Gasteiger charge is 2.23. The van der Waals surface area contributed by atoms with Gasteiger partial charge in [-0.05, 0) is 82.1 Å². The monoisotopic (exact) mass is 643 g/mol. The lowest BCUT2D eigenvalue weighted by atomic mass is 9.95. The van der Waals surface area contributed by atoms with Gasteiger partial charge >= 0.3 is 0 Å². The molecule has 0 saturated heterocycles. The zero-order chi connectivity index (χ0) is 32.3. The average molecular weight is 644 g/mol. The summed E-state index contributed by atoms with van der Waals surface area (Å²) in [5.74, 6) is 0. The van der Waals surface area contributed by atoms with Gasteiger partial charge in [-0.1, -0.05) is 121 Å². The predicted octanol–water partition coefficient (Wildman–Crippen LogP) is 13.9. The number of thiophene rings is 1. The van der Waals surface area contributed by atoms with Crippen LogP contribution in [0.2, 0.25) is 0 Å². The van der Waals surface area contributed by atoms with Gasteiger partial charge in [0.2, 0.25) is 0 Å². The van der Waals surface area contributed by atoms with Crippen molar-refractivity contribution in [1.82, 2.24) is 0 Å². The van der Waals surface area contributed by atoms with Gasteiger partial charge in [-0.15, -0.1) is 11.3 Å². The Hall–Kier alpha value is -6.16. The van der Waals surface area contributed by atoms with Crippen molar-refractivity contribution in [2.45, 2.75) is 0 Å². The molecule has 0 radical (unpaired) electrons. The van der Waals surface area contributed by atoms with Crippen LogP contribution in [0.15, 0.2) is 180 Å². The van der Waals surface area contributed by atoms with Crippen molar-refractivity contribution in [3.8, 4) is 22.3 Å². The summed E-state index contributed by atoms with van der Waals surface area (Å²) in [5, 5.41) is 7.22. The van der Waals surface area contributed by atoms with Crippen LogP contribution in [0.3, 0.4) is 0 Å². The van der Waals surface area contributed by atoms with E-state index in [9.17, 15) is 0 Å². The lowest BCUT2D eigenvalue weighted by Gasteiger charge is -2.29. The van der Waals surface area contributed by atoms with Crippen molar-refractivity contribution in [2.24, 2.45) is 0 Å². The quantitative estimate of drug-likeness (QED) is 0.186. The van der Waals surface area contributed by atoms with E-state index in [-0.39, 0.29) is 0 Å². The van der Waals surface area contributed by atoms with Gasteiger partial charge in [0.05, 0.1) is 16.8 Å². The second-order valence-electron chi connectivity index (χ2n) is 12.5. The molecule has 0 amide bonds. The Balaban J connectivity index is 1.30. The highest BCUT2D eigenvalue weighted by Crippen LogP contribution is 2.48. The van der Waals surface area contributed by atoms with Crippen molar-refractivity contribution < 1.29 is 4.42 Å². The van der Waals surface area contributed by atoms with Crippen LogP contribution in [-0.2, 0) is 0 Å². The van der Waals surface area contributed by atoms with Crippen molar-refractivity contribution in [1.29, 1.82) is 0 Å². The van der Waals surface area contributed by atoms with Crippen LogP contribution in [0.5, 0.6) is 0 Å². The molecule has 0 bridgehead atoms. The zero-order valence-corrected chi connectivity index (χ0v) is 27.3. The molecule has 230 valence electrons. The van der Waals surface area contributed by atoms with E-state index in [2.05, 4.69) is 175 Å². The average Bonchev–Trinajstić information content (AvgIpc) is 3.74. The first-order chi connectivity index (χ1) is 24.3. The molecule has 49 heavy (non-hydrogen) atoms. The zero-order valence-electron chi connectivity index (χ0n) is 26.5. The Labute approximate surface area is 287 Å². The molecular weight excluding hydrogens is 615 g/mol. The predicted molar refractivity (Wildman–Crippen MR) is 210 cm³/mol. The number of anilines is 3. The summed E-state index contributed by atoms with van der Waals surface area (Å²) >= 11 is 1.85. The Morgan fingerprint density at radius 1 is 0.408 bits per heavy atom. The molecule has 0 aliphatic rings. The summed E-state index contributed by atoms with van der Waals surface area (Å²) in [5.41, 5.74) is 9.71. The number of hydrogen-bond acceptors (Lipinski definition) is 3. The third-order valence-corrected chi connectivity index (χ3v) is 10.8. The molecule has 0 aliphatic heterocycles. The molecular formula is C46H29NOS. The van der Waals surface area contributed by atoms with E-state index in [1.54, 1.807) is 0 Å². The second-order valence-corrected chi connectivity index (χ2v) is 13.6. The summed E-state index contributed by atoms with van der Waals surface area (Å²) in [6.07, 6.45) is 0. The maximum atomic E-state index is 6.45. The van der Waals surface area contributed by atoms with E-state index in [1.807, 2.05) is 17.4 Å². The number of para-hydroxylation sites is 1. The minimum absolute atomic E-state index is 0.873. The first kappa shape index (κ1) is 27.9. The third kappa shape index (κ3) is 4.62. The van der Waals surface area contributed by atoms with Gasteiger partial charge < -0.3 is 9.32 Å². The SMILES string of the molecule is c1ccc(-c2ccc(-c3ccc4ccccc4c3)cc2N(c2ccc3sc4ccccc4c3c2)c2cccc3oc4ccccc4c23)cc1. The van der Waals surface area contributed by atoms with Crippen LogP contribution in [0.1, 0.15) is 0 Å². The number of benzene rings is 8. The minimum Gasteiger partial charge on any atom is -0.456 e. The number of nitrogens with zero attached hydrogens (tertiary/aromatic N) is 1. The van der Waals surface area contributed by atoms with Crippen molar-refractivity contribution >= 4 is 81.3 Å². The van der Waals surface area contributed by atoms with Crippen LogP contribution in [0.4, 0.5) is 17.1 Å². The Bertz CT molecular complexity index is 2840. The summed E-state index contributed by atoms with van der Waals surface area (Å²) < 4.78 is 9.04. The molecule has 2 heterocycles. The fourth-order valence-electron chi connectivity index (χ4n) is 7.33. The maximum absolute atomic E-state index is 6.45. The first-order valence-corrected chi connectivity index (χ1v) is 17.4. The molecule has 10 aromatic rings. The van der Waals surface area contributed by atoms with E-state index in [0.29, 0.717) is 0 Å². The molecule has 10 rings (SSSR count). The topological polar surface area (TPSA) is 16.4 Å². The molecule has 0 atom stereocenters. The highest BCUT2D eigenvalue weighted by molar-refractivity contribution is 7.25. The van der Waals surface area contributed by atoms with E-state index in [1.165, 1.54) is 42.1 Å². The Morgan fingerprint density at radius 2 is 1.12 bits per heavy atom. The molecule has 0 aliphatic carbocycles. The smallest absolute Gasteiger partial charge is 0.137 e. The number of hydrogen-bond donors (Lipinski definition) is 0. The molecule has 2 nitrogen and oxygen atoms in total. The fraction of sp³-hybridized carbons (Fsp3) is 0. The maximum Gasteiger partial charge on any atom is 0.137 e. The Morgan fingerprint density at radius 3 is 2.04 bits per heavy atom. The summed E-state index contributed by atoms with van der Waals surface area (Å²) in [6, 6.07) is 63.4. The number of rotatable bonds is 5. The normalized spacial score (nSPS) is 11.7. The van der Waals surface area contributed by atoms with Crippen molar-refractivity contribution in [3.05, 3.63) is 176 Å². The van der Waals surface area contributed by atoms with Crippen molar-refractivity contribution in [3.63, 3.8) is 0 Å². The minimum atomic E-state index is 0.873. The van der Waals surface area contributed by atoms with Gasteiger partial charge in [-0.2, -0.15) is 0 Å². The van der Waals surface area contributed by atoms with Crippen LogP contribution in [-0.4, -0.2) is 0 Å². The number of fused-ring (bicyclic) bond motifs is 7. The molecule has 0 saturated carbocycles. The van der Waals surface area contributed by atoms with E-state index < -0.39 is 0 Å². The lowest BCUT2D eigenvalue weighted by Crippen LogP contribution is -2.12.